The van der Waals surface area contributed by atoms with E-state index in [2.05, 4.69) is 4.98 Å². The fourth-order valence-corrected chi connectivity index (χ4v) is 2.00. The van der Waals surface area contributed by atoms with Gasteiger partial charge in [0.05, 0.1) is 0 Å². The second kappa shape index (κ2) is 4.41. The molecule has 0 fully saturated rings. The third-order valence-electron chi connectivity index (χ3n) is 2.56. The fourth-order valence-electron chi connectivity index (χ4n) is 1.74. The van der Waals surface area contributed by atoms with Crippen molar-refractivity contribution in [2.24, 2.45) is 0 Å². The number of H-pyrrole nitrogens is 1. The molecule has 0 unspecified atom stereocenters. The summed E-state index contributed by atoms with van der Waals surface area (Å²) in [6.45, 7) is 3.88. The molecule has 0 saturated carbocycles. The van der Waals surface area contributed by atoms with E-state index in [4.69, 9.17) is 12.2 Å². The Morgan fingerprint density at radius 2 is 1.82 bits per heavy atom. The first-order valence-electron chi connectivity index (χ1n) is 5.27. The Balaban J connectivity index is 2.77. The Morgan fingerprint density at radius 3 is 2.35 bits per heavy atom. The Morgan fingerprint density at radius 1 is 1.24 bits per heavy atom. The van der Waals surface area contributed by atoms with Crippen LogP contribution in [-0.4, -0.2) is 9.55 Å². The largest absolute Gasteiger partial charge is 0.337 e. The number of rotatable bonds is 2. The van der Waals surface area contributed by atoms with Crippen molar-refractivity contribution in [3.05, 3.63) is 46.5 Å². The number of benzene rings is 1. The van der Waals surface area contributed by atoms with Gasteiger partial charge in [0.2, 0.25) is 0 Å². The van der Waals surface area contributed by atoms with Crippen LogP contribution < -0.4 is 0 Å². The van der Waals surface area contributed by atoms with Gasteiger partial charge < -0.3 is 4.98 Å². The normalized spacial score (nSPS) is 11.1. The monoisotopic (exact) mass is 254 g/mol. The van der Waals surface area contributed by atoms with Crippen molar-refractivity contribution >= 4 is 12.2 Å². The number of imidazole rings is 1. The zero-order valence-electron chi connectivity index (χ0n) is 9.50. The summed E-state index contributed by atoms with van der Waals surface area (Å²) in [6.07, 6.45) is 1.68. The van der Waals surface area contributed by atoms with E-state index >= 15 is 0 Å². The number of nitrogens with zero attached hydrogens (tertiary/aromatic N) is 1. The zero-order valence-corrected chi connectivity index (χ0v) is 10.3. The summed E-state index contributed by atoms with van der Waals surface area (Å²) >= 11 is 5.07. The summed E-state index contributed by atoms with van der Waals surface area (Å²) in [6, 6.07) is 3.77. The van der Waals surface area contributed by atoms with Crippen LogP contribution in [0.1, 0.15) is 25.5 Å². The lowest BCUT2D eigenvalue weighted by atomic mass is 10.1. The molecular formula is C12H12F2N2S. The van der Waals surface area contributed by atoms with E-state index in [1.54, 1.807) is 6.20 Å². The Kier molecular flexibility index (Phi) is 3.11. The molecule has 2 aromatic rings. The van der Waals surface area contributed by atoms with Crippen molar-refractivity contribution in [1.29, 1.82) is 0 Å². The van der Waals surface area contributed by atoms with E-state index < -0.39 is 11.6 Å². The van der Waals surface area contributed by atoms with Crippen molar-refractivity contribution in [2.75, 3.05) is 0 Å². The first kappa shape index (κ1) is 12.0. The van der Waals surface area contributed by atoms with E-state index in [0.29, 0.717) is 0 Å². The van der Waals surface area contributed by atoms with E-state index in [1.165, 1.54) is 22.8 Å². The number of hydrogen-bond donors (Lipinski definition) is 1. The number of nitrogens with one attached hydrogen (secondary N) is 1. The second-order valence-corrected chi connectivity index (χ2v) is 4.47. The predicted molar refractivity (Wildman–Crippen MR) is 65.0 cm³/mol. The van der Waals surface area contributed by atoms with Gasteiger partial charge in [-0.2, -0.15) is 0 Å². The van der Waals surface area contributed by atoms with Gasteiger partial charge in [-0.1, -0.05) is 19.9 Å². The molecule has 0 aliphatic heterocycles. The van der Waals surface area contributed by atoms with Crippen LogP contribution in [0.2, 0.25) is 0 Å². The van der Waals surface area contributed by atoms with Crippen LogP contribution in [-0.2, 0) is 0 Å². The van der Waals surface area contributed by atoms with Gasteiger partial charge in [0.25, 0.3) is 0 Å². The summed E-state index contributed by atoms with van der Waals surface area (Å²) in [5, 5.41) is 0. The van der Waals surface area contributed by atoms with Gasteiger partial charge in [0, 0.05) is 11.9 Å². The van der Waals surface area contributed by atoms with Crippen molar-refractivity contribution in [1.82, 2.24) is 9.55 Å². The first-order chi connectivity index (χ1) is 8.02. The van der Waals surface area contributed by atoms with Crippen LogP contribution in [0, 0.1) is 16.4 Å². The lowest BCUT2D eigenvalue weighted by Crippen LogP contribution is -2.06. The molecule has 0 bridgehead atoms. The lowest BCUT2D eigenvalue weighted by Gasteiger charge is -2.12. The minimum Gasteiger partial charge on any atom is -0.337 e. The zero-order chi connectivity index (χ0) is 12.6. The van der Waals surface area contributed by atoms with Gasteiger partial charge in [-0.15, -0.1) is 0 Å². The third-order valence-corrected chi connectivity index (χ3v) is 2.86. The molecule has 90 valence electrons. The molecule has 2 nitrogen and oxygen atoms in total. The summed E-state index contributed by atoms with van der Waals surface area (Å²) in [4.78, 5) is 2.82. The van der Waals surface area contributed by atoms with Crippen molar-refractivity contribution < 1.29 is 8.78 Å². The Labute approximate surface area is 103 Å². The molecule has 2 rings (SSSR count). The molecule has 0 spiro atoms. The van der Waals surface area contributed by atoms with Gasteiger partial charge in [-0.05, 0) is 30.3 Å². The predicted octanol–water partition coefficient (Wildman–Crippen LogP) is 3.94. The van der Waals surface area contributed by atoms with Gasteiger partial charge in [0.1, 0.15) is 17.3 Å². The molecule has 0 aliphatic carbocycles. The topological polar surface area (TPSA) is 20.7 Å². The summed E-state index contributed by atoms with van der Waals surface area (Å²) in [5.74, 6) is -1.13. The van der Waals surface area contributed by atoms with Crippen LogP contribution >= 0.6 is 12.2 Å². The average Bonchev–Trinajstić information content (AvgIpc) is 2.61. The summed E-state index contributed by atoms with van der Waals surface area (Å²) < 4.78 is 29.1. The highest BCUT2D eigenvalue weighted by atomic mass is 32.1. The summed E-state index contributed by atoms with van der Waals surface area (Å²) in [7, 11) is 0. The highest BCUT2D eigenvalue weighted by Gasteiger charge is 2.16. The van der Waals surface area contributed by atoms with Crippen LogP contribution in [0.5, 0.6) is 0 Å². The fraction of sp³-hybridized carbons (Fsp3) is 0.250. The van der Waals surface area contributed by atoms with Crippen LogP contribution in [0.3, 0.4) is 0 Å². The molecule has 0 amide bonds. The molecule has 1 aromatic heterocycles. The van der Waals surface area contributed by atoms with Gasteiger partial charge >= 0.3 is 0 Å². The van der Waals surface area contributed by atoms with E-state index in [9.17, 15) is 8.78 Å². The van der Waals surface area contributed by atoms with E-state index in [-0.39, 0.29) is 16.4 Å². The minimum absolute atomic E-state index is 0.113. The minimum atomic E-state index is -0.623. The van der Waals surface area contributed by atoms with Crippen LogP contribution in [0.25, 0.3) is 5.69 Å². The molecular weight excluding hydrogens is 242 g/mol. The number of halogens is 2. The number of aromatic amines is 1. The Hall–Kier alpha value is -1.49. The molecule has 0 aliphatic rings. The van der Waals surface area contributed by atoms with E-state index in [1.807, 2.05) is 13.8 Å². The smallest absolute Gasteiger partial charge is 0.182 e. The van der Waals surface area contributed by atoms with Gasteiger partial charge in [-0.25, -0.2) is 8.78 Å². The molecule has 0 saturated heterocycles. The van der Waals surface area contributed by atoms with Crippen molar-refractivity contribution in [2.45, 2.75) is 19.8 Å². The summed E-state index contributed by atoms with van der Waals surface area (Å²) in [5.41, 5.74) is 0.626. The van der Waals surface area contributed by atoms with Crippen molar-refractivity contribution in [3.8, 4) is 5.69 Å². The average molecular weight is 254 g/mol. The maximum Gasteiger partial charge on any atom is 0.182 e. The second-order valence-electron chi connectivity index (χ2n) is 4.08. The van der Waals surface area contributed by atoms with Gasteiger partial charge in [0.15, 0.2) is 4.77 Å². The van der Waals surface area contributed by atoms with Crippen molar-refractivity contribution in [3.63, 3.8) is 0 Å². The molecule has 1 aromatic carbocycles. The standard InChI is InChI=1S/C12H12F2N2S/c1-7(2)10-6-15-12(17)16(10)11-8(13)4-3-5-9(11)14/h3-7H,1-2H3,(H,15,17). The van der Waals surface area contributed by atoms with Gasteiger partial charge in [-0.3, -0.25) is 4.57 Å². The molecule has 1 heterocycles. The number of aromatic nitrogens is 2. The van der Waals surface area contributed by atoms with Crippen LogP contribution in [0.4, 0.5) is 8.78 Å². The molecule has 0 atom stereocenters. The Bertz CT molecular complexity index is 579. The number of para-hydroxylation sites is 1. The molecule has 0 radical (unpaired) electrons. The quantitative estimate of drug-likeness (QED) is 0.805. The molecule has 17 heavy (non-hydrogen) atoms. The highest BCUT2D eigenvalue weighted by Crippen LogP contribution is 2.24. The first-order valence-corrected chi connectivity index (χ1v) is 5.68. The number of hydrogen-bond acceptors (Lipinski definition) is 1. The third kappa shape index (κ3) is 2.02. The maximum atomic E-state index is 13.7. The lowest BCUT2D eigenvalue weighted by molar-refractivity contribution is 0.563. The molecule has 5 heteroatoms. The molecule has 1 N–H and O–H groups in total. The van der Waals surface area contributed by atoms with Crippen LogP contribution in [0.15, 0.2) is 24.4 Å². The van der Waals surface area contributed by atoms with E-state index in [0.717, 1.165) is 5.69 Å². The SMILES string of the molecule is CC(C)c1c[nH]c(=S)n1-c1c(F)cccc1F. The maximum absolute atomic E-state index is 13.7. The highest BCUT2D eigenvalue weighted by molar-refractivity contribution is 7.71.